The highest BCUT2D eigenvalue weighted by Gasteiger charge is 2.52. The van der Waals surface area contributed by atoms with Crippen LogP contribution in [0.5, 0.6) is 5.75 Å². The van der Waals surface area contributed by atoms with E-state index in [1.807, 2.05) is 36.4 Å². The van der Waals surface area contributed by atoms with Crippen molar-refractivity contribution in [2.75, 3.05) is 5.75 Å². The molecular weight excluding hydrogens is 999 g/mol. The Morgan fingerprint density at radius 3 is 0.797 bits per heavy atom. The Hall–Kier alpha value is -7.18. The van der Waals surface area contributed by atoms with E-state index in [-0.39, 0.29) is 17.3 Å². The highest BCUT2D eigenvalue weighted by Crippen LogP contribution is 2.32. The Kier molecular flexibility index (Phi) is 14.2. The summed E-state index contributed by atoms with van der Waals surface area (Å²) >= 11 is 0. The van der Waals surface area contributed by atoms with Crippen LogP contribution in [0.25, 0.3) is 0 Å². The first-order valence-corrected chi connectivity index (χ1v) is 20.2. The zero-order valence-electron chi connectivity index (χ0n) is 33.1. The van der Waals surface area contributed by atoms with Crippen LogP contribution in [0.4, 0.5) is 87.8 Å². The standard InChI is InChI=1S/C24BF20.C20H16O3S/c26-5-1(6(27)14(35)21(42)13(5)34)25(2-7(28)15(36)22(43)16(37)8(2)29,3-9(30)17(38)23(44)18(39)10(3)31)4-11(32)19(40)24(45)20(41)12(4)33;21-17-13-11-16(12-14-17)20(22)15-24(23,18-7-3-1-4-8-18)19-9-5-2-6-10-19/h;1-14H,15H2/q-1;/p+1. The van der Waals surface area contributed by atoms with Crippen LogP contribution in [0, 0.1) is 116 Å². The summed E-state index contributed by atoms with van der Waals surface area (Å²) in [7, 11) is -2.72. The predicted octanol–water partition coefficient (Wildman–Crippen LogP) is 10.0. The summed E-state index contributed by atoms with van der Waals surface area (Å²) < 4.78 is 308. The molecule has 0 fully saturated rings. The molecule has 0 saturated carbocycles. The van der Waals surface area contributed by atoms with Crippen LogP contribution in [0.3, 0.4) is 0 Å². The molecule has 0 saturated heterocycles. The molecule has 1 N–H and O–H groups in total. The Bertz CT molecular complexity index is 2820. The number of Topliss-reactive ketones (excluding diaryl/α,β-unsaturated/α-hetero) is 1. The number of carbonyl (C=O) groups excluding carboxylic acids is 1. The summed E-state index contributed by atoms with van der Waals surface area (Å²) in [5.41, 5.74) is -13.9. The lowest BCUT2D eigenvalue weighted by Crippen LogP contribution is -2.81. The molecule has 0 radical (unpaired) electrons. The van der Waals surface area contributed by atoms with Crippen molar-refractivity contribution in [2.45, 2.75) is 9.79 Å². The van der Waals surface area contributed by atoms with Gasteiger partial charge in [0.15, 0.2) is 95.3 Å². The second kappa shape index (κ2) is 19.1. The monoisotopic (exact) mass is 1020 g/mol. The maximum Gasteiger partial charge on any atom is 0.212 e. The number of phenols is 1. The van der Waals surface area contributed by atoms with Crippen molar-refractivity contribution in [3.8, 4) is 5.75 Å². The van der Waals surface area contributed by atoms with Crippen molar-refractivity contribution in [1.82, 2.24) is 0 Å². The lowest BCUT2D eigenvalue weighted by Gasteiger charge is -2.44. The van der Waals surface area contributed by atoms with Crippen LogP contribution in [-0.2, 0) is 14.1 Å². The minimum atomic E-state index is -7.22. The van der Waals surface area contributed by atoms with Crippen LogP contribution in [0.1, 0.15) is 10.4 Å². The summed E-state index contributed by atoms with van der Waals surface area (Å²) in [4.78, 5) is 13.9. The summed E-state index contributed by atoms with van der Waals surface area (Å²) in [6.07, 6.45) is -7.22. The SMILES string of the molecule is Fc1c(F)c(F)c([B-](c2c(F)c(F)c(F)c(F)c2F)(c2c(F)c(F)c(F)c(F)c2F)c2c(F)c(F)c(F)c(F)c2F)c(F)c1F.O=C(C[S+](=O)(c1ccccc1)c1ccccc1)c1ccc(O)cc1. The molecule has 0 aliphatic heterocycles. The molecule has 7 aromatic rings. The van der Waals surface area contributed by atoms with Gasteiger partial charge in [-0.1, -0.05) is 40.6 Å². The van der Waals surface area contributed by atoms with Gasteiger partial charge in [0.2, 0.25) is 5.78 Å². The minimum absolute atomic E-state index is 0.0957. The predicted molar refractivity (Wildman–Crippen MR) is 204 cm³/mol. The molecule has 0 unspecified atom stereocenters. The maximum atomic E-state index is 15.4. The van der Waals surface area contributed by atoms with E-state index in [0.717, 1.165) is 0 Å². The van der Waals surface area contributed by atoms with Gasteiger partial charge in [-0.05, 0) is 48.5 Å². The summed E-state index contributed by atoms with van der Waals surface area (Å²) in [5.74, 6) is -71.6. The van der Waals surface area contributed by atoms with E-state index in [9.17, 15) is 66.8 Å². The minimum Gasteiger partial charge on any atom is -0.508 e. The van der Waals surface area contributed by atoms with Gasteiger partial charge in [0.05, 0.1) is 0 Å². The largest absolute Gasteiger partial charge is 0.508 e. The molecule has 0 amide bonds. The van der Waals surface area contributed by atoms with Crippen molar-refractivity contribution in [3.63, 3.8) is 0 Å². The smallest absolute Gasteiger partial charge is 0.212 e. The quantitative estimate of drug-likeness (QED) is 0.0392. The van der Waals surface area contributed by atoms with Gasteiger partial charge in [0, 0.05) is 5.56 Å². The van der Waals surface area contributed by atoms with Gasteiger partial charge >= 0.3 is 0 Å². The average Bonchev–Trinajstić information content (AvgIpc) is 3.34. The number of halogens is 20. The van der Waals surface area contributed by atoms with Crippen LogP contribution in [0.2, 0.25) is 0 Å². The molecule has 0 atom stereocenters. The topological polar surface area (TPSA) is 54.4 Å². The Morgan fingerprint density at radius 2 is 0.565 bits per heavy atom. The third-order valence-electron chi connectivity index (χ3n) is 10.5. The van der Waals surface area contributed by atoms with Crippen molar-refractivity contribution in [3.05, 3.63) is 207 Å². The van der Waals surface area contributed by atoms with Gasteiger partial charge in [-0.25, -0.2) is 87.8 Å². The summed E-state index contributed by atoms with van der Waals surface area (Å²) in [6, 6.07) is 24.2. The lowest BCUT2D eigenvalue weighted by atomic mass is 9.12. The molecule has 3 nitrogen and oxygen atoms in total. The van der Waals surface area contributed by atoms with Gasteiger partial charge in [-0.3, -0.25) is 4.79 Å². The fourth-order valence-corrected chi connectivity index (χ4v) is 9.71. The van der Waals surface area contributed by atoms with Crippen molar-refractivity contribution >= 4 is 43.7 Å². The van der Waals surface area contributed by atoms with Crippen LogP contribution < -0.4 is 21.9 Å². The van der Waals surface area contributed by atoms with E-state index in [2.05, 4.69) is 0 Å². The van der Waals surface area contributed by atoms with Gasteiger partial charge < -0.3 is 5.11 Å². The number of rotatable bonds is 9. The number of carbonyl (C=O) groups is 1. The molecule has 7 rings (SSSR count). The third-order valence-corrected chi connectivity index (χ3v) is 13.2. The van der Waals surface area contributed by atoms with E-state index in [1.54, 1.807) is 36.4 Å². The highest BCUT2D eigenvalue weighted by molar-refractivity contribution is 8.03. The van der Waals surface area contributed by atoms with E-state index in [0.29, 0.717) is 15.4 Å². The molecular formula is C44H17BF20O3S. The molecule has 0 heterocycles. The van der Waals surface area contributed by atoms with Gasteiger partial charge in [0.1, 0.15) is 58.4 Å². The lowest BCUT2D eigenvalue weighted by molar-refractivity contribution is 0.102. The van der Waals surface area contributed by atoms with Crippen LogP contribution in [0.15, 0.2) is 94.7 Å². The fourth-order valence-electron chi connectivity index (χ4n) is 7.37. The van der Waals surface area contributed by atoms with Gasteiger partial charge in [-0.2, -0.15) is 0 Å². The molecule has 360 valence electrons. The zero-order valence-corrected chi connectivity index (χ0v) is 33.9. The normalized spacial score (nSPS) is 11.7. The molecule has 0 aromatic heterocycles. The second-order valence-electron chi connectivity index (χ2n) is 14.2. The number of phenolic OH excluding ortho intramolecular Hbond substituents is 1. The zero-order chi connectivity index (χ0) is 51.3. The molecule has 25 heteroatoms. The molecule has 69 heavy (non-hydrogen) atoms. The van der Waals surface area contributed by atoms with Crippen molar-refractivity contribution < 1.29 is 102 Å². The second-order valence-corrected chi connectivity index (χ2v) is 16.8. The highest BCUT2D eigenvalue weighted by atomic mass is 32.2. The van der Waals surface area contributed by atoms with Gasteiger partial charge in [-0.15, -0.1) is 21.9 Å². The fraction of sp³-hybridized carbons (Fsp3) is 0.0227. The molecule has 0 spiro atoms. The van der Waals surface area contributed by atoms with Crippen molar-refractivity contribution in [2.24, 2.45) is 0 Å². The number of aromatic hydroxyl groups is 1. The number of ketones is 1. The third kappa shape index (κ3) is 8.24. The Balaban J connectivity index is 0.000000273. The summed E-state index contributed by atoms with van der Waals surface area (Å²) in [5, 5.41) is 9.36. The number of hydrogen-bond acceptors (Lipinski definition) is 3. The van der Waals surface area contributed by atoms with E-state index in [4.69, 9.17) is 0 Å². The molecule has 0 bridgehead atoms. The molecule has 7 aromatic carbocycles. The Labute approximate surface area is 373 Å². The average molecular weight is 1020 g/mol. The first-order chi connectivity index (χ1) is 32.3. The van der Waals surface area contributed by atoms with Crippen LogP contribution >= 0.6 is 0 Å². The number of hydrogen-bond donors (Lipinski definition) is 1. The summed E-state index contributed by atoms with van der Waals surface area (Å²) in [6.45, 7) is 0. The Morgan fingerprint density at radius 1 is 0.348 bits per heavy atom. The van der Waals surface area contributed by atoms with E-state index >= 15 is 35.1 Å². The van der Waals surface area contributed by atoms with Crippen molar-refractivity contribution in [1.29, 1.82) is 0 Å². The van der Waals surface area contributed by atoms with Gasteiger partial charge in [0.25, 0.3) is 0 Å². The van der Waals surface area contributed by atoms with Crippen LogP contribution in [-0.4, -0.2) is 22.8 Å². The van der Waals surface area contributed by atoms with E-state index < -0.39 is 154 Å². The first kappa shape index (κ1) is 51.2. The number of benzene rings is 7. The maximum absolute atomic E-state index is 15.4. The first-order valence-electron chi connectivity index (χ1n) is 18.5. The molecule has 0 aliphatic carbocycles. The van der Waals surface area contributed by atoms with E-state index in [1.165, 1.54) is 12.1 Å². The molecule has 0 aliphatic rings.